The molecular formula is C11H15ClN2O2. The Morgan fingerprint density at radius 3 is 3.25 bits per heavy atom. The molecule has 1 aromatic rings. The second kappa shape index (κ2) is 5.48. The predicted octanol–water partition coefficient (Wildman–Crippen LogP) is 1.62. The lowest BCUT2D eigenvalue weighted by molar-refractivity contribution is 0.138. The van der Waals surface area contributed by atoms with Gasteiger partial charge in [-0.25, -0.2) is 4.98 Å². The number of ether oxygens (including phenoxy) is 2. The summed E-state index contributed by atoms with van der Waals surface area (Å²) >= 11 is 6.01. The van der Waals surface area contributed by atoms with Crippen molar-refractivity contribution in [2.75, 3.05) is 20.3 Å². The van der Waals surface area contributed by atoms with Gasteiger partial charge in [-0.2, -0.15) is 0 Å². The highest BCUT2D eigenvalue weighted by molar-refractivity contribution is 6.31. The van der Waals surface area contributed by atoms with Gasteiger partial charge in [-0.3, -0.25) is 0 Å². The molecule has 4 nitrogen and oxygen atoms in total. The minimum absolute atomic E-state index is 0.121. The van der Waals surface area contributed by atoms with Gasteiger partial charge in [0.2, 0.25) is 5.88 Å². The fourth-order valence-electron chi connectivity index (χ4n) is 1.63. The first-order valence-electron chi connectivity index (χ1n) is 5.33. The van der Waals surface area contributed by atoms with E-state index in [9.17, 15) is 0 Å². The summed E-state index contributed by atoms with van der Waals surface area (Å²) in [6.45, 7) is 2.12. The van der Waals surface area contributed by atoms with Crippen LogP contribution in [0.25, 0.3) is 0 Å². The van der Waals surface area contributed by atoms with Crippen molar-refractivity contribution in [2.45, 2.75) is 19.1 Å². The molecule has 0 saturated carbocycles. The topological polar surface area (TPSA) is 43.4 Å². The molecule has 1 N–H and O–H groups in total. The van der Waals surface area contributed by atoms with Gasteiger partial charge in [0.15, 0.2) is 0 Å². The summed E-state index contributed by atoms with van der Waals surface area (Å²) in [6, 6.07) is 1.87. The van der Waals surface area contributed by atoms with E-state index in [-0.39, 0.29) is 6.10 Å². The van der Waals surface area contributed by atoms with E-state index >= 15 is 0 Å². The normalized spacial score (nSPS) is 20.0. The molecule has 1 atom stereocenters. The summed E-state index contributed by atoms with van der Waals surface area (Å²) in [5, 5.41) is 3.71. The van der Waals surface area contributed by atoms with E-state index in [1.165, 1.54) is 0 Å². The fourth-order valence-corrected chi connectivity index (χ4v) is 1.80. The van der Waals surface area contributed by atoms with Gasteiger partial charge >= 0.3 is 0 Å². The van der Waals surface area contributed by atoms with Gasteiger partial charge in [-0.15, -0.1) is 0 Å². The van der Waals surface area contributed by atoms with Crippen molar-refractivity contribution in [3.8, 4) is 5.88 Å². The molecule has 0 aromatic carbocycles. The van der Waals surface area contributed by atoms with E-state index < -0.39 is 0 Å². The van der Waals surface area contributed by atoms with Crippen LogP contribution in [0.5, 0.6) is 5.88 Å². The molecule has 0 aliphatic carbocycles. The van der Waals surface area contributed by atoms with Crippen molar-refractivity contribution in [1.82, 2.24) is 10.3 Å². The van der Waals surface area contributed by atoms with Crippen LogP contribution in [0.15, 0.2) is 12.3 Å². The predicted molar refractivity (Wildman–Crippen MR) is 61.9 cm³/mol. The number of halogens is 1. The van der Waals surface area contributed by atoms with Gasteiger partial charge in [-0.1, -0.05) is 11.6 Å². The molecular weight excluding hydrogens is 228 g/mol. The number of hydrogen-bond donors (Lipinski definition) is 1. The summed E-state index contributed by atoms with van der Waals surface area (Å²) < 4.78 is 10.9. The second-order valence-electron chi connectivity index (χ2n) is 3.75. The smallest absolute Gasteiger partial charge is 0.213 e. The zero-order valence-corrected chi connectivity index (χ0v) is 9.96. The monoisotopic (exact) mass is 242 g/mol. The Hall–Kier alpha value is -0.840. The van der Waals surface area contributed by atoms with Crippen LogP contribution in [0.4, 0.5) is 0 Å². The summed E-state index contributed by atoms with van der Waals surface area (Å²) in [7, 11) is 1.88. The summed E-state index contributed by atoms with van der Waals surface area (Å²) in [5.74, 6) is 0.616. The Labute approximate surface area is 99.9 Å². The van der Waals surface area contributed by atoms with Crippen LogP contribution in [0.2, 0.25) is 5.02 Å². The van der Waals surface area contributed by atoms with Crippen molar-refractivity contribution in [2.24, 2.45) is 0 Å². The third-order valence-electron chi connectivity index (χ3n) is 2.45. The van der Waals surface area contributed by atoms with Crippen LogP contribution in [0, 0.1) is 0 Å². The Kier molecular flexibility index (Phi) is 3.98. The molecule has 0 amide bonds. The Morgan fingerprint density at radius 2 is 2.56 bits per heavy atom. The van der Waals surface area contributed by atoms with Crippen molar-refractivity contribution < 1.29 is 9.47 Å². The maximum absolute atomic E-state index is 6.01. The summed E-state index contributed by atoms with van der Waals surface area (Å²) in [6.07, 6.45) is 2.67. The quantitative estimate of drug-likeness (QED) is 0.872. The van der Waals surface area contributed by atoms with Crippen LogP contribution in [-0.2, 0) is 11.3 Å². The number of nitrogens with zero attached hydrogens (tertiary/aromatic N) is 1. The molecule has 2 heterocycles. The van der Waals surface area contributed by atoms with Crippen molar-refractivity contribution in [1.29, 1.82) is 0 Å². The lowest BCUT2D eigenvalue weighted by atomic mass is 10.2. The lowest BCUT2D eigenvalue weighted by Gasteiger charge is -2.12. The molecule has 5 heteroatoms. The number of nitrogens with one attached hydrogen (secondary N) is 1. The lowest BCUT2D eigenvalue weighted by Crippen LogP contribution is -2.16. The van der Waals surface area contributed by atoms with Gasteiger partial charge < -0.3 is 14.8 Å². The van der Waals surface area contributed by atoms with Gasteiger partial charge in [0.1, 0.15) is 6.10 Å². The third-order valence-corrected chi connectivity index (χ3v) is 2.79. The van der Waals surface area contributed by atoms with Crippen LogP contribution < -0.4 is 10.1 Å². The van der Waals surface area contributed by atoms with Crippen molar-refractivity contribution >= 4 is 11.6 Å². The van der Waals surface area contributed by atoms with Gasteiger partial charge in [0.05, 0.1) is 18.2 Å². The molecule has 1 fully saturated rings. The zero-order valence-electron chi connectivity index (χ0n) is 9.20. The van der Waals surface area contributed by atoms with E-state index in [1.807, 2.05) is 13.1 Å². The van der Waals surface area contributed by atoms with E-state index in [2.05, 4.69) is 10.3 Å². The Bertz CT molecular complexity index is 354. The molecule has 1 aliphatic rings. The van der Waals surface area contributed by atoms with Crippen molar-refractivity contribution in [3.63, 3.8) is 0 Å². The van der Waals surface area contributed by atoms with Crippen LogP contribution >= 0.6 is 11.6 Å². The molecule has 0 radical (unpaired) electrons. The first kappa shape index (κ1) is 11.6. The highest BCUT2D eigenvalue weighted by atomic mass is 35.5. The van der Waals surface area contributed by atoms with Gasteiger partial charge in [-0.05, 0) is 12.6 Å². The molecule has 1 aromatic heterocycles. The van der Waals surface area contributed by atoms with Crippen LogP contribution in [0.1, 0.15) is 12.0 Å². The van der Waals surface area contributed by atoms with E-state index in [0.717, 1.165) is 18.6 Å². The van der Waals surface area contributed by atoms with Gasteiger partial charge in [0, 0.05) is 25.2 Å². The Balaban J connectivity index is 2.05. The number of rotatable bonds is 4. The zero-order chi connectivity index (χ0) is 11.4. The minimum Gasteiger partial charge on any atom is -0.472 e. The van der Waals surface area contributed by atoms with E-state index in [4.69, 9.17) is 21.1 Å². The molecule has 16 heavy (non-hydrogen) atoms. The van der Waals surface area contributed by atoms with Crippen molar-refractivity contribution in [3.05, 3.63) is 22.8 Å². The fraction of sp³-hybridized carbons (Fsp3) is 0.545. The maximum atomic E-state index is 6.01. The average molecular weight is 243 g/mol. The minimum atomic E-state index is 0.121. The molecule has 1 saturated heterocycles. The second-order valence-corrected chi connectivity index (χ2v) is 4.15. The maximum Gasteiger partial charge on any atom is 0.213 e. The first-order chi connectivity index (χ1) is 7.79. The van der Waals surface area contributed by atoms with Crippen LogP contribution in [0.3, 0.4) is 0 Å². The van der Waals surface area contributed by atoms with Crippen LogP contribution in [-0.4, -0.2) is 31.3 Å². The summed E-state index contributed by atoms with van der Waals surface area (Å²) in [4.78, 5) is 4.15. The SMILES string of the molecule is CNCc1cc(OC2CCOC2)ncc1Cl. The highest BCUT2D eigenvalue weighted by Crippen LogP contribution is 2.21. The number of aromatic nitrogens is 1. The summed E-state index contributed by atoms with van der Waals surface area (Å²) in [5.41, 5.74) is 0.994. The number of hydrogen-bond acceptors (Lipinski definition) is 4. The third kappa shape index (κ3) is 2.84. The molecule has 2 rings (SSSR count). The Morgan fingerprint density at radius 1 is 1.69 bits per heavy atom. The molecule has 0 spiro atoms. The first-order valence-corrected chi connectivity index (χ1v) is 5.71. The molecule has 0 bridgehead atoms. The molecule has 1 aliphatic heterocycles. The molecule has 1 unspecified atom stereocenters. The standard InChI is InChI=1S/C11H15ClN2O2/c1-13-5-8-4-11(14-6-10(8)12)16-9-2-3-15-7-9/h4,6,9,13H,2-3,5,7H2,1H3. The van der Waals surface area contributed by atoms with E-state index in [1.54, 1.807) is 6.20 Å². The number of pyridine rings is 1. The average Bonchev–Trinajstić information content (AvgIpc) is 2.76. The molecule has 88 valence electrons. The largest absolute Gasteiger partial charge is 0.472 e. The van der Waals surface area contributed by atoms with Gasteiger partial charge in [0.25, 0.3) is 0 Å². The van der Waals surface area contributed by atoms with E-state index in [0.29, 0.717) is 24.1 Å². The highest BCUT2D eigenvalue weighted by Gasteiger charge is 2.18.